The molecule has 0 aliphatic carbocycles. The quantitative estimate of drug-likeness (QED) is 0.0261. The number of unbranched alkanes of at least 4 members (excludes halogenated alkanes) is 37. The fourth-order valence-electron chi connectivity index (χ4n) is 9.80. The molecule has 0 aliphatic heterocycles. The van der Waals surface area contributed by atoms with Gasteiger partial charge in [0.15, 0.2) is 6.10 Å². The Morgan fingerprint density at radius 1 is 0.266 bits per heavy atom. The minimum absolute atomic E-state index is 0.0734. The lowest BCUT2D eigenvalue weighted by Gasteiger charge is -2.18. The summed E-state index contributed by atoms with van der Waals surface area (Å²) in [4.78, 5) is 38.3. The lowest BCUT2D eigenvalue weighted by atomic mass is 10.0. The highest BCUT2D eigenvalue weighted by Gasteiger charge is 2.19. The van der Waals surface area contributed by atoms with Gasteiger partial charge < -0.3 is 14.2 Å². The lowest BCUT2D eigenvalue weighted by molar-refractivity contribution is -0.167. The minimum Gasteiger partial charge on any atom is -0.462 e. The molecule has 0 aromatic carbocycles. The van der Waals surface area contributed by atoms with Crippen molar-refractivity contribution >= 4 is 17.9 Å². The molecule has 0 heterocycles. The molecule has 0 bridgehead atoms. The number of esters is 3. The van der Waals surface area contributed by atoms with Crippen LogP contribution in [0.3, 0.4) is 0 Å². The van der Waals surface area contributed by atoms with E-state index in [2.05, 4.69) is 106 Å². The van der Waals surface area contributed by atoms with Crippen molar-refractivity contribution in [3.8, 4) is 0 Å². The van der Waals surface area contributed by atoms with Crippen molar-refractivity contribution < 1.29 is 28.6 Å². The summed E-state index contributed by atoms with van der Waals surface area (Å²) in [5, 5.41) is 0. The predicted molar refractivity (Wildman–Crippen MR) is 344 cm³/mol. The van der Waals surface area contributed by atoms with Gasteiger partial charge in [0.1, 0.15) is 13.2 Å². The number of rotatable bonds is 62. The van der Waals surface area contributed by atoms with Gasteiger partial charge in [-0.25, -0.2) is 0 Å². The first-order valence-electron chi connectivity index (χ1n) is 34.1. The van der Waals surface area contributed by atoms with Crippen LogP contribution in [-0.4, -0.2) is 37.2 Å². The highest BCUT2D eigenvalue weighted by molar-refractivity contribution is 5.71. The molecule has 0 fully saturated rings. The van der Waals surface area contributed by atoms with Crippen LogP contribution in [0.15, 0.2) is 85.1 Å². The standard InChI is InChI=1S/C73H128O6/c1-4-7-10-13-16-19-21-23-25-27-29-31-33-34-35-36-37-38-40-41-43-45-47-49-51-54-57-60-63-66-72(75)78-69-70(68-77-71(74)65-62-59-56-53-18-15-12-9-6-3)79-73(76)67-64-61-58-55-52-50-48-46-44-42-39-32-30-28-26-24-22-20-17-14-11-8-5-2/h7,10,16,19,22-25,28-31,34-35,70H,4-6,8-9,11-15,17-18,20-21,26-27,32-33,36-69H2,1-3H3/b10-7-,19-16-,24-22-,25-23-,30-28-,31-29-,35-34-. The maximum Gasteiger partial charge on any atom is 0.306 e. The van der Waals surface area contributed by atoms with E-state index in [1.807, 2.05) is 0 Å². The van der Waals surface area contributed by atoms with E-state index in [1.165, 1.54) is 205 Å². The smallest absolute Gasteiger partial charge is 0.306 e. The fourth-order valence-corrected chi connectivity index (χ4v) is 9.80. The van der Waals surface area contributed by atoms with E-state index in [9.17, 15) is 14.4 Å². The van der Waals surface area contributed by atoms with E-state index in [4.69, 9.17) is 14.2 Å². The van der Waals surface area contributed by atoms with Gasteiger partial charge >= 0.3 is 17.9 Å². The molecule has 456 valence electrons. The van der Waals surface area contributed by atoms with E-state index in [0.29, 0.717) is 19.3 Å². The van der Waals surface area contributed by atoms with Crippen molar-refractivity contribution in [2.75, 3.05) is 13.2 Å². The van der Waals surface area contributed by atoms with Crippen LogP contribution in [0.5, 0.6) is 0 Å². The summed E-state index contributed by atoms with van der Waals surface area (Å²) in [6.45, 7) is 6.53. The van der Waals surface area contributed by atoms with Crippen LogP contribution in [0.2, 0.25) is 0 Å². The number of carbonyl (C=O) groups is 3. The molecule has 6 heteroatoms. The van der Waals surface area contributed by atoms with Crippen molar-refractivity contribution in [3.63, 3.8) is 0 Å². The number of hydrogen-bond donors (Lipinski definition) is 0. The Balaban J connectivity index is 4.16. The molecule has 6 nitrogen and oxygen atoms in total. The monoisotopic (exact) mass is 1100 g/mol. The van der Waals surface area contributed by atoms with Gasteiger partial charge in [-0.15, -0.1) is 0 Å². The Kier molecular flexibility index (Phi) is 64.2. The van der Waals surface area contributed by atoms with Crippen LogP contribution < -0.4 is 0 Å². The summed E-state index contributed by atoms with van der Waals surface area (Å²) < 4.78 is 16.9. The summed E-state index contributed by atoms with van der Waals surface area (Å²) >= 11 is 0. The zero-order valence-corrected chi connectivity index (χ0v) is 52.4. The average molecular weight is 1100 g/mol. The van der Waals surface area contributed by atoms with Crippen LogP contribution in [-0.2, 0) is 28.6 Å². The van der Waals surface area contributed by atoms with Gasteiger partial charge in [-0.1, -0.05) is 311 Å². The zero-order valence-electron chi connectivity index (χ0n) is 52.4. The van der Waals surface area contributed by atoms with Crippen LogP contribution in [0.4, 0.5) is 0 Å². The SMILES string of the molecule is CC/C=C\C/C=C\C/C=C\C/C=C\C/C=C\CCCCCCCCCCCCCCCC(=O)OCC(COC(=O)CCCCCCCCCCC)OC(=O)CCCCCCCCCCCCC/C=C\C/C=C\CCCCCCC. The van der Waals surface area contributed by atoms with Crippen molar-refractivity contribution in [2.45, 2.75) is 348 Å². The van der Waals surface area contributed by atoms with Crippen molar-refractivity contribution in [2.24, 2.45) is 0 Å². The third-order valence-corrected chi connectivity index (χ3v) is 14.9. The van der Waals surface area contributed by atoms with Crippen LogP contribution in [0.25, 0.3) is 0 Å². The third-order valence-electron chi connectivity index (χ3n) is 14.9. The maximum absolute atomic E-state index is 12.9. The third kappa shape index (κ3) is 65.3. The second-order valence-corrected chi connectivity index (χ2v) is 22.7. The Morgan fingerprint density at radius 2 is 0.494 bits per heavy atom. The Labute approximate surface area is 490 Å². The fraction of sp³-hybridized carbons (Fsp3) is 0.767. The summed E-state index contributed by atoms with van der Waals surface area (Å²) in [7, 11) is 0. The van der Waals surface area contributed by atoms with Crippen LogP contribution >= 0.6 is 0 Å². The summed E-state index contributed by atoms with van der Waals surface area (Å²) in [6.07, 6.45) is 89.0. The van der Waals surface area contributed by atoms with Gasteiger partial charge in [-0.2, -0.15) is 0 Å². The minimum atomic E-state index is -0.776. The van der Waals surface area contributed by atoms with E-state index >= 15 is 0 Å². The topological polar surface area (TPSA) is 78.9 Å². The molecular formula is C73H128O6. The molecule has 0 saturated heterocycles. The van der Waals surface area contributed by atoms with Crippen molar-refractivity contribution in [3.05, 3.63) is 85.1 Å². The molecule has 0 aromatic heterocycles. The van der Waals surface area contributed by atoms with E-state index in [0.717, 1.165) is 96.3 Å². The zero-order chi connectivity index (χ0) is 57.1. The molecule has 0 aromatic rings. The summed E-state index contributed by atoms with van der Waals surface area (Å²) in [6, 6.07) is 0. The number of ether oxygens (including phenoxy) is 3. The summed E-state index contributed by atoms with van der Waals surface area (Å²) in [5.41, 5.74) is 0. The molecule has 0 amide bonds. The Hall–Kier alpha value is -3.41. The number of carbonyl (C=O) groups excluding carboxylic acids is 3. The second kappa shape index (κ2) is 67.1. The second-order valence-electron chi connectivity index (χ2n) is 22.7. The number of hydrogen-bond acceptors (Lipinski definition) is 6. The normalized spacial score (nSPS) is 12.6. The molecule has 1 atom stereocenters. The van der Waals surface area contributed by atoms with E-state index in [1.54, 1.807) is 0 Å². The van der Waals surface area contributed by atoms with Crippen LogP contribution in [0, 0.1) is 0 Å². The predicted octanol–water partition coefficient (Wildman–Crippen LogP) is 23.4. The van der Waals surface area contributed by atoms with Gasteiger partial charge in [0.05, 0.1) is 0 Å². The molecule has 79 heavy (non-hydrogen) atoms. The van der Waals surface area contributed by atoms with Gasteiger partial charge in [0, 0.05) is 19.3 Å². The highest BCUT2D eigenvalue weighted by Crippen LogP contribution is 2.17. The maximum atomic E-state index is 12.9. The molecule has 0 saturated carbocycles. The summed E-state index contributed by atoms with van der Waals surface area (Å²) in [5.74, 6) is -0.864. The van der Waals surface area contributed by atoms with Crippen LogP contribution in [0.1, 0.15) is 342 Å². The average Bonchev–Trinajstić information content (AvgIpc) is 3.45. The largest absolute Gasteiger partial charge is 0.462 e. The molecular weight excluding hydrogens is 973 g/mol. The Morgan fingerprint density at radius 3 is 0.772 bits per heavy atom. The first-order valence-corrected chi connectivity index (χ1v) is 34.1. The number of allylic oxidation sites excluding steroid dienone is 14. The van der Waals surface area contributed by atoms with Gasteiger partial charge in [0.25, 0.3) is 0 Å². The highest BCUT2D eigenvalue weighted by atomic mass is 16.6. The molecule has 0 N–H and O–H groups in total. The molecule has 1 unspecified atom stereocenters. The Bertz CT molecular complexity index is 1500. The van der Waals surface area contributed by atoms with Gasteiger partial charge in [-0.3, -0.25) is 14.4 Å². The lowest BCUT2D eigenvalue weighted by Crippen LogP contribution is -2.30. The first-order chi connectivity index (χ1) is 39.0. The van der Waals surface area contributed by atoms with Gasteiger partial charge in [0.2, 0.25) is 0 Å². The molecule has 0 aliphatic rings. The van der Waals surface area contributed by atoms with Crippen molar-refractivity contribution in [1.82, 2.24) is 0 Å². The van der Waals surface area contributed by atoms with Gasteiger partial charge in [-0.05, 0) is 96.3 Å². The van der Waals surface area contributed by atoms with E-state index < -0.39 is 6.10 Å². The van der Waals surface area contributed by atoms with E-state index in [-0.39, 0.29) is 31.1 Å². The molecule has 0 spiro atoms. The first kappa shape index (κ1) is 75.6. The molecule has 0 rings (SSSR count). The molecule has 0 radical (unpaired) electrons. The van der Waals surface area contributed by atoms with Crippen molar-refractivity contribution in [1.29, 1.82) is 0 Å².